The standard InChI is InChI=1S/C17H23N5O5S2/c1-11-8-12-9-18-17(21-15(12)20-16(11)23)19-13-2-5-22(6-3-13)29(26,27)14-4-7-28(24,25)10-14/h8-9,13-14H,2-7,10H2,1H3,(H2,18,19,20,21,23). The number of sulfone groups is 1. The lowest BCUT2D eigenvalue weighted by molar-refractivity contribution is 0.326. The number of hydrogen-bond donors (Lipinski definition) is 2. The second-order valence-corrected chi connectivity index (χ2v) is 12.1. The van der Waals surface area contributed by atoms with Crippen molar-refractivity contribution in [2.75, 3.05) is 29.9 Å². The molecular formula is C17H23N5O5S2. The van der Waals surface area contributed by atoms with Crippen molar-refractivity contribution in [3.05, 3.63) is 28.2 Å². The Morgan fingerprint density at radius 1 is 1.24 bits per heavy atom. The summed E-state index contributed by atoms with van der Waals surface area (Å²) in [5, 5.41) is 3.10. The third kappa shape index (κ3) is 4.14. The minimum absolute atomic E-state index is 0.0108. The van der Waals surface area contributed by atoms with Gasteiger partial charge in [0.25, 0.3) is 5.56 Å². The lowest BCUT2D eigenvalue weighted by atomic mass is 10.1. The number of anilines is 1. The van der Waals surface area contributed by atoms with Crippen molar-refractivity contribution in [1.82, 2.24) is 19.3 Å². The molecule has 0 aromatic carbocycles. The predicted octanol–water partition coefficient (Wildman–Crippen LogP) is 0.0197. The normalized spacial score (nSPS) is 23.4. The quantitative estimate of drug-likeness (QED) is 0.676. The largest absolute Gasteiger partial charge is 0.351 e. The first kappa shape index (κ1) is 20.2. The van der Waals surface area contributed by atoms with Crippen molar-refractivity contribution in [3.63, 3.8) is 0 Å². The van der Waals surface area contributed by atoms with Crippen LogP contribution in [-0.2, 0) is 19.9 Å². The molecule has 2 aliphatic rings. The van der Waals surface area contributed by atoms with Gasteiger partial charge in [-0.25, -0.2) is 26.1 Å². The number of piperidine rings is 1. The Morgan fingerprint density at radius 2 is 1.97 bits per heavy atom. The number of nitrogens with zero attached hydrogens (tertiary/aromatic N) is 3. The molecule has 1 atom stereocenters. The van der Waals surface area contributed by atoms with Crippen LogP contribution >= 0.6 is 0 Å². The second-order valence-electron chi connectivity index (χ2n) is 7.67. The maximum absolute atomic E-state index is 12.7. The van der Waals surface area contributed by atoms with E-state index in [1.165, 1.54) is 4.31 Å². The number of hydrogen-bond acceptors (Lipinski definition) is 8. The van der Waals surface area contributed by atoms with E-state index >= 15 is 0 Å². The van der Waals surface area contributed by atoms with Gasteiger partial charge >= 0.3 is 0 Å². The van der Waals surface area contributed by atoms with Gasteiger partial charge in [-0.1, -0.05) is 0 Å². The molecule has 0 aliphatic carbocycles. The van der Waals surface area contributed by atoms with Crippen molar-refractivity contribution < 1.29 is 16.8 Å². The highest BCUT2D eigenvalue weighted by Crippen LogP contribution is 2.25. The first-order valence-electron chi connectivity index (χ1n) is 9.47. The molecule has 2 aromatic heterocycles. The molecule has 2 fully saturated rings. The van der Waals surface area contributed by atoms with E-state index in [0.29, 0.717) is 43.1 Å². The molecule has 0 spiro atoms. The van der Waals surface area contributed by atoms with E-state index in [9.17, 15) is 21.6 Å². The Morgan fingerprint density at radius 3 is 2.62 bits per heavy atom. The van der Waals surface area contributed by atoms with Crippen LogP contribution in [0, 0.1) is 6.92 Å². The molecule has 158 valence electrons. The highest BCUT2D eigenvalue weighted by molar-refractivity contribution is 7.95. The number of aryl methyl sites for hydroxylation is 1. The average Bonchev–Trinajstić information content (AvgIpc) is 3.04. The molecule has 29 heavy (non-hydrogen) atoms. The molecule has 4 rings (SSSR count). The molecule has 0 bridgehead atoms. The van der Waals surface area contributed by atoms with Gasteiger partial charge in [0.1, 0.15) is 5.65 Å². The SMILES string of the molecule is Cc1cc2cnc(NC3CCN(S(=O)(=O)C4CCS(=O)(=O)C4)CC3)nc2[nH]c1=O. The minimum Gasteiger partial charge on any atom is -0.351 e. The molecule has 2 N–H and O–H groups in total. The maximum atomic E-state index is 12.7. The maximum Gasteiger partial charge on any atom is 0.252 e. The van der Waals surface area contributed by atoms with Crippen LogP contribution in [0.5, 0.6) is 0 Å². The fraction of sp³-hybridized carbons (Fsp3) is 0.588. The van der Waals surface area contributed by atoms with Crippen LogP contribution in [0.2, 0.25) is 0 Å². The number of rotatable bonds is 4. The van der Waals surface area contributed by atoms with Crippen molar-refractivity contribution >= 4 is 36.8 Å². The number of nitrogens with one attached hydrogen (secondary N) is 2. The molecule has 0 amide bonds. The number of fused-ring (bicyclic) bond motifs is 1. The van der Waals surface area contributed by atoms with Crippen molar-refractivity contribution in [3.8, 4) is 0 Å². The van der Waals surface area contributed by atoms with Gasteiger partial charge in [0, 0.05) is 36.3 Å². The lowest BCUT2D eigenvalue weighted by Gasteiger charge is -2.33. The van der Waals surface area contributed by atoms with Crippen LogP contribution in [0.15, 0.2) is 17.1 Å². The summed E-state index contributed by atoms with van der Waals surface area (Å²) < 4.78 is 50.1. The Hall–Kier alpha value is -2.05. The Balaban J connectivity index is 1.40. The summed E-state index contributed by atoms with van der Waals surface area (Å²) in [6, 6.07) is 1.72. The molecule has 10 nitrogen and oxygen atoms in total. The van der Waals surface area contributed by atoms with E-state index in [4.69, 9.17) is 0 Å². The average molecular weight is 442 g/mol. The summed E-state index contributed by atoms with van der Waals surface area (Å²) in [7, 11) is -6.86. The number of pyridine rings is 1. The fourth-order valence-corrected chi connectivity index (χ4v) is 8.37. The number of aromatic amines is 1. The molecule has 1 unspecified atom stereocenters. The highest BCUT2D eigenvalue weighted by atomic mass is 32.2. The number of H-pyrrole nitrogens is 1. The molecule has 12 heteroatoms. The van der Waals surface area contributed by atoms with Crippen molar-refractivity contribution in [2.24, 2.45) is 0 Å². The van der Waals surface area contributed by atoms with Gasteiger partial charge in [-0.2, -0.15) is 4.98 Å². The number of aromatic nitrogens is 3. The van der Waals surface area contributed by atoms with E-state index in [1.807, 2.05) is 0 Å². The van der Waals surface area contributed by atoms with Crippen molar-refractivity contribution in [1.29, 1.82) is 0 Å². The summed E-state index contributed by atoms with van der Waals surface area (Å²) in [5.41, 5.74) is 0.834. The van der Waals surface area contributed by atoms with Crippen LogP contribution in [0.3, 0.4) is 0 Å². The van der Waals surface area contributed by atoms with Gasteiger partial charge < -0.3 is 10.3 Å². The zero-order valence-electron chi connectivity index (χ0n) is 16.0. The Bertz CT molecular complexity index is 1200. The Kier molecular flexibility index (Phi) is 5.11. The monoisotopic (exact) mass is 441 g/mol. The summed E-state index contributed by atoms with van der Waals surface area (Å²) in [4.78, 5) is 23.1. The zero-order chi connectivity index (χ0) is 20.8. The third-order valence-corrected chi connectivity index (χ3v) is 9.85. The van der Waals surface area contributed by atoms with Gasteiger partial charge in [0.05, 0.1) is 16.8 Å². The smallest absolute Gasteiger partial charge is 0.252 e. The molecule has 0 saturated carbocycles. The summed E-state index contributed by atoms with van der Waals surface area (Å²) >= 11 is 0. The summed E-state index contributed by atoms with van der Waals surface area (Å²) in [6.07, 6.45) is 2.92. The van der Waals surface area contributed by atoms with E-state index in [1.54, 1.807) is 19.2 Å². The van der Waals surface area contributed by atoms with Crippen LogP contribution in [-0.4, -0.2) is 72.0 Å². The van der Waals surface area contributed by atoms with E-state index in [0.717, 1.165) is 5.39 Å². The van der Waals surface area contributed by atoms with Gasteiger partial charge in [-0.05, 0) is 32.3 Å². The van der Waals surface area contributed by atoms with Crippen LogP contribution in [0.1, 0.15) is 24.8 Å². The molecule has 2 aromatic rings. The predicted molar refractivity (Wildman–Crippen MR) is 109 cm³/mol. The fourth-order valence-electron chi connectivity index (χ4n) is 3.82. The van der Waals surface area contributed by atoms with Crippen LogP contribution in [0.25, 0.3) is 11.0 Å². The molecule has 4 heterocycles. The van der Waals surface area contributed by atoms with E-state index in [-0.39, 0.29) is 29.5 Å². The molecular weight excluding hydrogens is 418 g/mol. The minimum atomic E-state index is -3.61. The lowest BCUT2D eigenvalue weighted by Crippen LogP contribution is -2.46. The summed E-state index contributed by atoms with van der Waals surface area (Å²) in [6.45, 7) is 2.35. The van der Waals surface area contributed by atoms with Gasteiger partial charge in [0.15, 0.2) is 9.84 Å². The third-order valence-electron chi connectivity index (χ3n) is 5.54. The van der Waals surface area contributed by atoms with E-state index < -0.39 is 25.1 Å². The van der Waals surface area contributed by atoms with Gasteiger partial charge in [-0.3, -0.25) is 4.79 Å². The van der Waals surface area contributed by atoms with Gasteiger partial charge in [0.2, 0.25) is 16.0 Å². The highest BCUT2D eigenvalue weighted by Gasteiger charge is 2.41. The zero-order valence-corrected chi connectivity index (χ0v) is 17.6. The number of sulfonamides is 1. The van der Waals surface area contributed by atoms with Gasteiger partial charge in [-0.15, -0.1) is 0 Å². The molecule has 2 aliphatic heterocycles. The van der Waals surface area contributed by atoms with Crippen LogP contribution in [0.4, 0.5) is 5.95 Å². The van der Waals surface area contributed by atoms with Crippen molar-refractivity contribution in [2.45, 2.75) is 37.5 Å². The Labute approximate surface area is 168 Å². The summed E-state index contributed by atoms with van der Waals surface area (Å²) in [5.74, 6) is 0.0339. The van der Waals surface area contributed by atoms with Crippen LogP contribution < -0.4 is 10.9 Å². The first-order valence-corrected chi connectivity index (χ1v) is 12.8. The molecule has 0 radical (unpaired) electrons. The topological polar surface area (TPSA) is 142 Å². The molecule has 2 saturated heterocycles. The first-order chi connectivity index (χ1) is 13.6. The van der Waals surface area contributed by atoms with E-state index in [2.05, 4.69) is 20.3 Å². The second kappa shape index (κ2) is 7.33.